The van der Waals surface area contributed by atoms with E-state index in [2.05, 4.69) is 21.6 Å². The number of nitrogens with zero attached hydrogens (tertiary/aromatic N) is 2. The van der Waals surface area contributed by atoms with Gasteiger partial charge in [-0.15, -0.1) is 22.6 Å². The summed E-state index contributed by atoms with van der Waals surface area (Å²) < 4.78 is 4.85. The molecule has 8 heteroatoms. The molecule has 2 aromatic rings. The van der Waals surface area contributed by atoms with Gasteiger partial charge in [0.15, 0.2) is 0 Å². The third kappa shape index (κ3) is 4.48. The van der Waals surface area contributed by atoms with E-state index in [9.17, 15) is 4.79 Å². The van der Waals surface area contributed by atoms with Crippen LogP contribution in [-0.4, -0.2) is 35.9 Å². The van der Waals surface area contributed by atoms with Gasteiger partial charge in [0.25, 0.3) is 0 Å². The molecule has 0 saturated heterocycles. The molecule has 0 fully saturated rings. The standard InChI is InChI=1S/C14H18N4O2S.ClH/c1-8-4-5-10(9(2)6-8)13-17-18-14(21-13)16-12(19)11(15)7-20-3;/h4-6,11H,7,15H2,1-3H3,(H,16,18,19);1H. The Balaban J connectivity index is 0.00000242. The van der Waals surface area contributed by atoms with Crippen molar-refractivity contribution in [1.29, 1.82) is 0 Å². The first-order valence-corrected chi connectivity index (χ1v) is 7.29. The molecule has 120 valence electrons. The summed E-state index contributed by atoms with van der Waals surface area (Å²) in [7, 11) is 1.50. The van der Waals surface area contributed by atoms with Crippen LogP contribution in [-0.2, 0) is 9.53 Å². The summed E-state index contributed by atoms with van der Waals surface area (Å²) in [6, 6.07) is 5.40. The van der Waals surface area contributed by atoms with Crippen LogP contribution in [0.4, 0.5) is 5.13 Å². The first-order valence-electron chi connectivity index (χ1n) is 6.47. The Labute approximate surface area is 139 Å². The summed E-state index contributed by atoms with van der Waals surface area (Å²) in [4.78, 5) is 11.8. The molecule has 1 heterocycles. The molecule has 1 aromatic heterocycles. The van der Waals surface area contributed by atoms with Gasteiger partial charge in [0.1, 0.15) is 11.0 Å². The van der Waals surface area contributed by atoms with Crippen LogP contribution in [0.15, 0.2) is 18.2 Å². The van der Waals surface area contributed by atoms with Crippen LogP contribution in [0.3, 0.4) is 0 Å². The molecule has 2 rings (SSSR count). The van der Waals surface area contributed by atoms with E-state index in [1.165, 1.54) is 24.0 Å². The van der Waals surface area contributed by atoms with E-state index in [1.54, 1.807) is 0 Å². The number of amides is 1. The monoisotopic (exact) mass is 342 g/mol. The van der Waals surface area contributed by atoms with Gasteiger partial charge in [-0.05, 0) is 19.4 Å². The highest BCUT2D eigenvalue weighted by atomic mass is 35.5. The van der Waals surface area contributed by atoms with Gasteiger partial charge in [0.2, 0.25) is 11.0 Å². The molecule has 22 heavy (non-hydrogen) atoms. The number of anilines is 1. The molecule has 1 atom stereocenters. The third-order valence-corrected chi connectivity index (χ3v) is 3.82. The third-order valence-electron chi connectivity index (χ3n) is 2.95. The van der Waals surface area contributed by atoms with Gasteiger partial charge < -0.3 is 10.5 Å². The Kier molecular flexibility index (Phi) is 6.89. The van der Waals surface area contributed by atoms with Crippen LogP contribution >= 0.6 is 23.7 Å². The van der Waals surface area contributed by atoms with Crippen LogP contribution in [0.2, 0.25) is 0 Å². The van der Waals surface area contributed by atoms with Crippen LogP contribution in [0.1, 0.15) is 11.1 Å². The number of aryl methyl sites for hydroxylation is 2. The van der Waals surface area contributed by atoms with Gasteiger partial charge >= 0.3 is 0 Å². The van der Waals surface area contributed by atoms with E-state index in [1.807, 2.05) is 26.0 Å². The minimum Gasteiger partial charge on any atom is -0.383 e. The van der Waals surface area contributed by atoms with Crippen molar-refractivity contribution in [3.63, 3.8) is 0 Å². The maximum Gasteiger partial charge on any atom is 0.245 e. The number of methoxy groups -OCH3 is 1. The lowest BCUT2D eigenvalue weighted by Crippen LogP contribution is -2.39. The van der Waals surface area contributed by atoms with Crippen molar-refractivity contribution in [1.82, 2.24) is 10.2 Å². The van der Waals surface area contributed by atoms with E-state index in [-0.39, 0.29) is 24.9 Å². The maximum absolute atomic E-state index is 11.8. The summed E-state index contributed by atoms with van der Waals surface area (Å²) in [5.74, 6) is -0.333. The quantitative estimate of drug-likeness (QED) is 0.869. The average Bonchev–Trinajstić information content (AvgIpc) is 2.87. The largest absolute Gasteiger partial charge is 0.383 e. The minimum atomic E-state index is -0.719. The highest BCUT2D eigenvalue weighted by molar-refractivity contribution is 7.18. The SMILES string of the molecule is COCC(N)C(=O)Nc1nnc(-c2ccc(C)cc2C)s1.Cl. The Morgan fingerprint density at radius 2 is 2.14 bits per heavy atom. The predicted molar refractivity (Wildman–Crippen MR) is 90.5 cm³/mol. The van der Waals surface area contributed by atoms with Gasteiger partial charge in [-0.3, -0.25) is 10.1 Å². The van der Waals surface area contributed by atoms with Gasteiger partial charge in [0.05, 0.1) is 6.61 Å². The van der Waals surface area contributed by atoms with Gasteiger partial charge in [-0.2, -0.15) is 0 Å². The van der Waals surface area contributed by atoms with Crippen molar-refractivity contribution in [2.45, 2.75) is 19.9 Å². The smallest absolute Gasteiger partial charge is 0.245 e. The zero-order valence-corrected chi connectivity index (χ0v) is 14.3. The van der Waals surface area contributed by atoms with Crippen LogP contribution in [0.5, 0.6) is 0 Å². The highest BCUT2D eigenvalue weighted by Gasteiger charge is 2.16. The van der Waals surface area contributed by atoms with Crippen molar-refractivity contribution < 1.29 is 9.53 Å². The molecule has 1 aromatic carbocycles. The summed E-state index contributed by atoms with van der Waals surface area (Å²) in [6.07, 6.45) is 0. The molecule has 0 aliphatic carbocycles. The van der Waals surface area contributed by atoms with Gasteiger partial charge in [0, 0.05) is 12.7 Å². The molecule has 0 aliphatic rings. The number of nitrogens with one attached hydrogen (secondary N) is 1. The zero-order valence-electron chi connectivity index (χ0n) is 12.6. The predicted octanol–water partition coefficient (Wildman–Crippen LogP) is 2.16. The molecule has 3 N–H and O–H groups in total. The normalized spacial score (nSPS) is 11.6. The van der Waals surface area contributed by atoms with Crippen molar-refractivity contribution in [2.75, 3.05) is 19.0 Å². The fraction of sp³-hybridized carbons (Fsp3) is 0.357. The lowest BCUT2D eigenvalue weighted by molar-refractivity contribution is -0.118. The Hall–Kier alpha value is -1.54. The molecule has 6 nitrogen and oxygen atoms in total. The van der Waals surface area contributed by atoms with Crippen molar-refractivity contribution in [3.05, 3.63) is 29.3 Å². The number of aromatic nitrogens is 2. The molecule has 1 amide bonds. The molecular weight excluding hydrogens is 324 g/mol. The van der Waals surface area contributed by atoms with Crippen LogP contribution in [0.25, 0.3) is 10.6 Å². The second kappa shape index (κ2) is 8.19. The van der Waals surface area contributed by atoms with E-state index >= 15 is 0 Å². The summed E-state index contributed by atoms with van der Waals surface area (Å²) >= 11 is 1.32. The fourth-order valence-corrected chi connectivity index (χ4v) is 2.73. The van der Waals surface area contributed by atoms with Crippen molar-refractivity contribution >= 4 is 34.8 Å². The van der Waals surface area contributed by atoms with E-state index in [0.717, 1.165) is 16.1 Å². The summed E-state index contributed by atoms with van der Waals surface area (Å²) in [5, 5.41) is 11.9. The van der Waals surface area contributed by atoms with Gasteiger partial charge in [-0.1, -0.05) is 35.1 Å². The van der Waals surface area contributed by atoms with Crippen LogP contribution < -0.4 is 11.1 Å². The number of rotatable bonds is 5. The number of nitrogens with two attached hydrogens (primary N) is 1. The number of benzene rings is 1. The number of halogens is 1. The van der Waals surface area contributed by atoms with E-state index in [4.69, 9.17) is 10.5 Å². The maximum atomic E-state index is 11.8. The lowest BCUT2D eigenvalue weighted by atomic mass is 10.1. The lowest BCUT2D eigenvalue weighted by Gasteiger charge is -2.08. The number of carbonyl (C=O) groups is 1. The van der Waals surface area contributed by atoms with Crippen LogP contribution in [0, 0.1) is 13.8 Å². The van der Waals surface area contributed by atoms with E-state index in [0.29, 0.717) is 5.13 Å². The molecule has 0 radical (unpaired) electrons. The Morgan fingerprint density at radius 3 is 2.77 bits per heavy atom. The Bertz CT molecular complexity index is 648. The molecule has 0 aliphatic heterocycles. The summed E-state index contributed by atoms with van der Waals surface area (Å²) in [5.41, 5.74) is 8.99. The molecule has 1 unspecified atom stereocenters. The number of ether oxygens (including phenoxy) is 1. The molecule has 0 saturated carbocycles. The topological polar surface area (TPSA) is 90.1 Å². The summed E-state index contributed by atoms with van der Waals surface area (Å²) in [6.45, 7) is 4.23. The second-order valence-electron chi connectivity index (χ2n) is 4.78. The zero-order chi connectivity index (χ0) is 15.4. The fourth-order valence-electron chi connectivity index (χ4n) is 1.89. The number of hydrogen-bond acceptors (Lipinski definition) is 6. The van der Waals surface area contributed by atoms with E-state index < -0.39 is 6.04 Å². The first kappa shape index (κ1) is 18.5. The molecular formula is C14H19ClN4O2S. The number of carbonyl (C=O) groups excluding carboxylic acids is 1. The second-order valence-corrected chi connectivity index (χ2v) is 5.76. The number of hydrogen-bond donors (Lipinski definition) is 2. The first-order chi connectivity index (χ1) is 10.0. The minimum absolute atomic E-state index is 0. The van der Waals surface area contributed by atoms with Crippen molar-refractivity contribution in [2.24, 2.45) is 5.73 Å². The average molecular weight is 343 g/mol. The molecule has 0 spiro atoms. The van der Waals surface area contributed by atoms with Gasteiger partial charge in [-0.25, -0.2) is 0 Å². The van der Waals surface area contributed by atoms with Crippen molar-refractivity contribution in [3.8, 4) is 10.6 Å². The Morgan fingerprint density at radius 1 is 1.41 bits per heavy atom. The molecule has 0 bridgehead atoms. The highest BCUT2D eigenvalue weighted by Crippen LogP contribution is 2.29.